The number of hydrogen-bond donors (Lipinski definition) is 2. The maximum Gasteiger partial charge on any atom is 0.199 e. The van der Waals surface area contributed by atoms with Gasteiger partial charge in [0.1, 0.15) is 11.5 Å². The van der Waals surface area contributed by atoms with E-state index in [0.29, 0.717) is 17.5 Å². The van der Waals surface area contributed by atoms with E-state index < -0.39 is 12.2 Å². The van der Waals surface area contributed by atoms with Crippen LogP contribution in [0.2, 0.25) is 0 Å². The fourth-order valence-corrected chi connectivity index (χ4v) is 4.24. The second-order valence-electron chi connectivity index (χ2n) is 6.89. The molecule has 6 nitrogen and oxygen atoms in total. The molecule has 0 amide bonds. The van der Waals surface area contributed by atoms with Crippen molar-refractivity contribution in [2.24, 2.45) is 0 Å². The number of benzene rings is 2. The number of rotatable bonds is 1. The van der Waals surface area contributed by atoms with Gasteiger partial charge in [-0.25, -0.2) is 0 Å². The normalized spacial score (nSPS) is 26.2. The van der Waals surface area contributed by atoms with Crippen LogP contribution < -0.4 is 0 Å². The first-order chi connectivity index (χ1) is 12.5. The molecule has 26 heavy (non-hydrogen) atoms. The molecule has 3 atom stereocenters. The molecule has 5 rings (SSSR count). The minimum absolute atomic E-state index is 0.00449. The van der Waals surface area contributed by atoms with Crippen molar-refractivity contribution in [3.63, 3.8) is 0 Å². The molecule has 2 aliphatic carbocycles. The van der Waals surface area contributed by atoms with Crippen LogP contribution in [0.4, 0.5) is 0 Å². The first-order valence-corrected chi connectivity index (χ1v) is 8.44. The Bertz CT molecular complexity index is 1020. The SMILES string of the molecule is O=C1CCC(c2ccc(O)c3c2C(=O)C2OC2C3=O)c2cccc(O)c21. The number of fused-ring (bicyclic) bond motifs is 3. The molecule has 1 aliphatic heterocycles. The zero-order chi connectivity index (χ0) is 18.2. The van der Waals surface area contributed by atoms with Crippen LogP contribution in [0.5, 0.6) is 11.5 Å². The Kier molecular flexibility index (Phi) is 2.95. The molecular weight excluding hydrogens is 336 g/mol. The number of carbonyl (C=O) groups excluding carboxylic acids is 3. The summed E-state index contributed by atoms with van der Waals surface area (Å²) in [5.41, 5.74) is 1.67. The fraction of sp³-hybridized carbons (Fsp3) is 0.250. The molecule has 2 aromatic rings. The van der Waals surface area contributed by atoms with E-state index in [1.54, 1.807) is 18.2 Å². The van der Waals surface area contributed by atoms with Gasteiger partial charge in [-0.15, -0.1) is 0 Å². The van der Waals surface area contributed by atoms with E-state index in [-0.39, 0.29) is 57.9 Å². The van der Waals surface area contributed by atoms with E-state index in [1.165, 1.54) is 12.1 Å². The second-order valence-corrected chi connectivity index (χ2v) is 6.89. The monoisotopic (exact) mass is 350 g/mol. The molecule has 0 saturated carbocycles. The quantitative estimate of drug-likeness (QED) is 0.765. The van der Waals surface area contributed by atoms with Gasteiger partial charge in [0, 0.05) is 17.9 Å². The van der Waals surface area contributed by atoms with Gasteiger partial charge < -0.3 is 14.9 Å². The van der Waals surface area contributed by atoms with E-state index in [9.17, 15) is 24.6 Å². The third kappa shape index (κ3) is 1.87. The Balaban J connectivity index is 1.75. The lowest BCUT2D eigenvalue weighted by Crippen LogP contribution is -2.29. The summed E-state index contributed by atoms with van der Waals surface area (Å²) in [6, 6.07) is 7.89. The number of Topliss-reactive ketones (excluding diaryl/α,β-unsaturated/α-hetero) is 3. The van der Waals surface area contributed by atoms with Gasteiger partial charge in [-0.3, -0.25) is 14.4 Å². The maximum atomic E-state index is 12.8. The highest BCUT2D eigenvalue weighted by atomic mass is 16.6. The van der Waals surface area contributed by atoms with Crippen LogP contribution in [0.1, 0.15) is 61.0 Å². The van der Waals surface area contributed by atoms with E-state index in [2.05, 4.69) is 0 Å². The number of phenolic OH excluding ortho intramolecular Hbond substituents is 2. The van der Waals surface area contributed by atoms with Gasteiger partial charge in [0.05, 0.1) is 11.1 Å². The Morgan fingerprint density at radius 1 is 0.808 bits per heavy atom. The van der Waals surface area contributed by atoms with Crippen LogP contribution in [-0.2, 0) is 4.74 Å². The smallest absolute Gasteiger partial charge is 0.199 e. The molecule has 130 valence electrons. The fourth-order valence-electron chi connectivity index (χ4n) is 4.24. The van der Waals surface area contributed by atoms with Gasteiger partial charge in [-0.05, 0) is 29.7 Å². The third-order valence-electron chi connectivity index (χ3n) is 5.48. The standard InChI is InChI=1S/C20H14O6/c21-11-3-1-2-9-8(4-6-12(22)14(9)11)10-5-7-13(23)16-15(10)17(24)19-20(26-19)18(16)25/h1-3,5,7-8,19-21,23H,4,6H2. The molecule has 3 unspecified atom stereocenters. The molecule has 1 fully saturated rings. The number of ketones is 3. The molecular formula is C20H14O6. The molecule has 0 bridgehead atoms. The predicted octanol–water partition coefficient (Wildman–Crippen LogP) is 2.35. The summed E-state index contributed by atoms with van der Waals surface area (Å²) >= 11 is 0. The minimum atomic E-state index is -0.791. The van der Waals surface area contributed by atoms with Gasteiger partial charge in [-0.2, -0.15) is 0 Å². The summed E-state index contributed by atoms with van der Waals surface area (Å²) in [6.07, 6.45) is -0.872. The van der Waals surface area contributed by atoms with Crippen molar-refractivity contribution in [1.82, 2.24) is 0 Å². The molecule has 1 saturated heterocycles. The van der Waals surface area contributed by atoms with Gasteiger partial charge in [-0.1, -0.05) is 18.2 Å². The Morgan fingerprint density at radius 2 is 1.46 bits per heavy atom. The lowest BCUT2D eigenvalue weighted by atomic mass is 9.73. The summed E-state index contributed by atoms with van der Waals surface area (Å²) in [6.45, 7) is 0. The van der Waals surface area contributed by atoms with Crippen molar-refractivity contribution in [1.29, 1.82) is 0 Å². The summed E-state index contributed by atoms with van der Waals surface area (Å²) in [5, 5.41) is 20.3. The summed E-state index contributed by atoms with van der Waals surface area (Å²) < 4.78 is 5.18. The Labute approximate surface area is 148 Å². The topological polar surface area (TPSA) is 104 Å². The average Bonchev–Trinajstić information content (AvgIpc) is 3.42. The first kappa shape index (κ1) is 15.3. The average molecular weight is 350 g/mol. The highest BCUT2D eigenvalue weighted by Gasteiger charge is 2.57. The van der Waals surface area contributed by atoms with Crippen molar-refractivity contribution >= 4 is 17.3 Å². The second kappa shape index (κ2) is 5.02. The van der Waals surface area contributed by atoms with Crippen LogP contribution >= 0.6 is 0 Å². The van der Waals surface area contributed by atoms with Crippen molar-refractivity contribution in [3.8, 4) is 11.5 Å². The Hall–Kier alpha value is -2.99. The summed E-state index contributed by atoms with van der Waals surface area (Å²) in [4.78, 5) is 37.5. The number of phenols is 2. The molecule has 3 aliphatic rings. The van der Waals surface area contributed by atoms with Crippen molar-refractivity contribution in [2.75, 3.05) is 0 Å². The van der Waals surface area contributed by atoms with Crippen LogP contribution in [-0.4, -0.2) is 39.8 Å². The molecule has 0 aromatic heterocycles. The number of epoxide rings is 1. The molecule has 6 heteroatoms. The summed E-state index contributed by atoms with van der Waals surface area (Å²) in [7, 11) is 0. The predicted molar refractivity (Wildman–Crippen MR) is 88.9 cm³/mol. The zero-order valence-corrected chi connectivity index (χ0v) is 13.6. The van der Waals surface area contributed by atoms with E-state index in [1.807, 2.05) is 0 Å². The maximum absolute atomic E-state index is 12.8. The molecule has 0 radical (unpaired) electrons. The van der Waals surface area contributed by atoms with E-state index >= 15 is 0 Å². The van der Waals surface area contributed by atoms with E-state index in [0.717, 1.165) is 0 Å². The number of hydrogen-bond acceptors (Lipinski definition) is 6. The number of carbonyl (C=O) groups is 3. The van der Waals surface area contributed by atoms with E-state index in [4.69, 9.17) is 4.74 Å². The molecule has 2 aromatic carbocycles. The largest absolute Gasteiger partial charge is 0.507 e. The molecule has 2 N–H and O–H groups in total. The first-order valence-electron chi connectivity index (χ1n) is 8.44. The summed E-state index contributed by atoms with van der Waals surface area (Å²) in [5.74, 6) is -1.48. The van der Waals surface area contributed by atoms with Gasteiger partial charge in [0.25, 0.3) is 0 Å². The minimum Gasteiger partial charge on any atom is -0.507 e. The van der Waals surface area contributed by atoms with Crippen LogP contribution in [0.25, 0.3) is 0 Å². The van der Waals surface area contributed by atoms with Crippen molar-refractivity contribution < 1.29 is 29.3 Å². The zero-order valence-electron chi connectivity index (χ0n) is 13.6. The van der Waals surface area contributed by atoms with Crippen LogP contribution in [0.15, 0.2) is 30.3 Å². The van der Waals surface area contributed by atoms with Crippen molar-refractivity contribution in [2.45, 2.75) is 31.0 Å². The number of ether oxygens (including phenoxy) is 1. The number of aromatic hydroxyl groups is 2. The van der Waals surface area contributed by atoms with Gasteiger partial charge in [0.15, 0.2) is 29.6 Å². The highest BCUT2D eigenvalue weighted by Crippen LogP contribution is 2.46. The van der Waals surface area contributed by atoms with Crippen molar-refractivity contribution in [3.05, 3.63) is 58.1 Å². The highest BCUT2D eigenvalue weighted by molar-refractivity contribution is 6.22. The molecule has 1 heterocycles. The van der Waals surface area contributed by atoms with Crippen LogP contribution in [0.3, 0.4) is 0 Å². The lowest BCUT2D eigenvalue weighted by molar-refractivity contribution is 0.0917. The van der Waals surface area contributed by atoms with Gasteiger partial charge in [0.2, 0.25) is 0 Å². The molecule has 0 spiro atoms. The van der Waals surface area contributed by atoms with Crippen LogP contribution in [0, 0.1) is 0 Å². The van der Waals surface area contributed by atoms with Gasteiger partial charge >= 0.3 is 0 Å². The third-order valence-corrected chi connectivity index (χ3v) is 5.48. The lowest BCUT2D eigenvalue weighted by Gasteiger charge is -2.28. The Morgan fingerprint density at radius 3 is 2.23 bits per heavy atom.